The molecule has 1 heterocycles. The minimum absolute atomic E-state index is 0.0380. The van der Waals surface area contributed by atoms with Crippen molar-refractivity contribution in [2.24, 2.45) is 0 Å². The van der Waals surface area contributed by atoms with Gasteiger partial charge in [0.25, 0.3) is 5.91 Å². The second-order valence-corrected chi connectivity index (χ2v) is 9.32. The first-order valence-electron chi connectivity index (χ1n) is 9.64. The molecule has 166 valence electrons. The Balaban J connectivity index is 1.60. The number of esters is 1. The molecule has 2 aromatic rings. The van der Waals surface area contributed by atoms with Crippen LogP contribution in [0.5, 0.6) is 0 Å². The van der Waals surface area contributed by atoms with Gasteiger partial charge in [0.15, 0.2) is 6.61 Å². The molecule has 1 N–H and O–H groups in total. The predicted octanol–water partition coefficient (Wildman–Crippen LogP) is 2.14. The molecule has 3 rings (SSSR count). The average molecular weight is 467 g/mol. The molecule has 0 spiro atoms. The summed E-state index contributed by atoms with van der Waals surface area (Å²) in [5.41, 5.74) is 1.42. The fraction of sp³-hybridized carbons (Fsp3) is 0.333. The third-order valence-electron chi connectivity index (χ3n) is 4.75. The Morgan fingerprint density at radius 3 is 2.48 bits per heavy atom. The van der Waals surface area contributed by atoms with E-state index >= 15 is 0 Å². The number of carbonyl (C=O) groups excluding carboxylic acids is 2. The summed E-state index contributed by atoms with van der Waals surface area (Å²) in [5.74, 6) is -1.25. The van der Waals surface area contributed by atoms with E-state index in [9.17, 15) is 18.0 Å². The molecule has 1 saturated heterocycles. The number of morpholine rings is 1. The molecule has 31 heavy (non-hydrogen) atoms. The van der Waals surface area contributed by atoms with Gasteiger partial charge in [-0.2, -0.15) is 4.31 Å². The van der Waals surface area contributed by atoms with Crippen molar-refractivity contribution in [3.05, 3.63) is 64.2 Å². The number of hydrogen-bond acceptors (Lipinski definition) is 6. The lowest BCUT2D eigenvalue weighted by Crippen LogP contribution is -2.40. The molecule has 0 bridgehead atoms. The highest BCUT2D eigenvalue weighted by Gasteiger charge is 2.28. The van der Waals surface area contributed by atoms with Gasteiger partial charge in [0.05, 0.1) is 23.7 Å². The van der Waals surface area contributed by atoms with Gasteiger partial charge in [-0.25, -0.2) is 13.2 Å². The molecule has 10 heteroatoms. The summed E-state index contributed by atoms with van der Waals surface area (Å²) in [7, 11) is -3.77. The number of ether oxygens (including phenoxy) is 2. The van der Waals surface area contributed by atoms with Crippen molar-refractivity contribution in [3.63, 3.8) is 0 Å². The van der Waals surface area contributed by atoms with Crippen LogP contribution in [0, 0.1) is 6.92 Å². The minimum Gasteiger partial charge on any atom is -0.452 e. The lowest BCUT2D eigenvalue weighted by molar-refractivity contribution is -0.124. The van der Waals surface area contributed by atoms with Crippen molar-refractivity contribution in [1.29, 1.82) is 0 Å². The van der Waals surface area contributed by atoms with Crippen molar-refractivity contribution in [2.75, 3.05) is 32.9 Å². The van der Waals surface area contributed by atoms with E-state index in [4.69, 9.17) is 21.1 Å². The maximum Gasteiger partial charge on any atom is 0.338 e. The Bertz CT molecular complexity index is 1050. The Morgan fingerprint density at radius 1 is 1.13 bits per heavy atom. The molecular formula is C21H23ClN2O6S. The molecule has 8 nitrogen and oxygen atoms in total. The number of halogens is 1. The van der Waals surface area contributed by atoms with Crippen LogP contribution in [0.25, 0.3) is 0 Å². The van der Waals surface area contributed by atoms with Crippen LogP contribution in [0.2, 0.25) is 5.02 Å². The van der Waals surface area contributed by atoms with E-state index in [1.165, 1.54) is 16.4 Å². The zero-order valence-electron chi connectivity index (χ0n) is 17.0. The third-order valence-corrected chi connectivity index (χ3v) is 7.04. The molecule has 1 aliphatic heterocycles. The molecule has 2 aromatic carbocycles. The van der Waals surface area contributed by atoms with E-state index in [-0.39, 0.29) is 30.1 Å². The maximum absolute atomic E-state index is 12.9. The summed E-state index contributed by atoms with van der Waals surface area (Å²) in [6.45, 7) is 2.60. The molecular weight excluding hydrogens is 444 g/mol. The summed E-state index contributed by atoms with van der Waals surface area (Å²) < 4.78 is 37.5. The fourth-order valence-electron chi connectivity index (χ4n) is 3.00. The number of aryl methyl sites for hydroxylation is 1. The highest BCUT2D eigenvalue weighted by molar-refractivity contribution is 7.89. The van der Waals surface area contributed by atoms with E-state index in [2.05, 4.69) is 5.32 Å². The molecule has 0 unspecified atom stereocenters. The zero-order valence-corrected chi connectivity index (χ0v) is 18.5. The van der Waals surface area contributed by atoms with Gasteiger partial charge in [0, 0.05) is 24.7 Å². The number of rotatable bonds is 7. The van der Waals surface area contributed by atoms with E-state index < -0.39 is 28.5 Å². The molecule has 1 amide bonds. The van der Waals surface area contributed by atoms with Gasteiger partial charge in [-0.05, 0) is 42.3 Å². The summed E-state index contributed by atoms with van der Waals surface area (Å²) in [6.07, 6.45) is 0. The monoisotopic (exact) mass is 466 g/mol. The highest BCUT2D eigenvalue weighted by atomic mass is 35.5. The third kappa shape index (κ3) is 6.04. The van der Waals surface area contributed by atoms with Gasteiger partial charge in [0.2, 0.25) is 10.0 Å². The van der Waals surface area contributed by atoms with Crippen LogP contribution >= 0.6 is 11.6 Å². The van der Waals surface area contributed by atoms with Crippen LogP contribution in [0.1, 0.15) is 21.5 Å². The number of carbonyl (C=O) groups is 2. The fourth-order valence-corrected chi connectivity index (χ4v) is 4.78. The lowest BCUT2D eigenvalue weighted by Gasteiger charge is -2.26. The van der Waals surface area contributed by atoms with Gasteiger partial charge in [-0.1, -0.05) is 29.8 Å². The standard InChI is InChI=1S/C21H23ClN2O6S/c1-15-2-5-17(12-19(15)31(27,28)24-8-10-29-11-9-24)21(26)30-14-20(25)23-13-16-3-6-18(22)7-4-16/h2-7,12H,8-11,13-14H2,1H3,(H,23,25). The van der Waals surface area contributed by atoms with E-state index in [1.807, 2.05) is 0 Å². The van der Waals surface area contributed by atoms with Crippen molar-refractivity contribution >= 4 is 33.5 Å². The first-order chi connectivity index (χ1) is 14.8. The van der Waals surface area contributed by atoms with Crippen LogP contribution in [0.4, 0.5) is 0 Å². The van der Waals surface area contributed by atoms with Gasteiger partial charge >= 0.3 is 5.97 Å². The molecule has 1 aliphatic rings. The second kappa shape index (κ2) is 10.2. The van der Waals surface area contributed by atoms with Gasteiger partial charge in [0.1, 0.15) is 0 Å². The maximum atomic E-state index is 12.9. The molecule has 0 aromatic heterocycles. The molecule has 0 saturated carbocycles. The molecule has 1 fully saturated rings. The van der Waals surface area contributed by atoms with Gasteiger partial charge in [-0.3, -0.25) is 4.79 Å². The number of nitrogens with one attached hydrogen (secondary N) is 1. The van der Waals surface area contributed by atoms with Crippen molar-refractivity contribution < 1.29 is 27.5 Å². The Hall–Kier alpha value is -2.46. The summed E-state index contributed by atoms with van der Waals surface area (Å²) in [4.78, 5) is 24.4. The predicted molar refractivity (Wildman–Crippen MR) is 114 cm³/mol. The largest absolute Gasteiger partial charge is 0.452 e. The normalized spacial score (nSPS) is 14.8. The summed E-state index contributed by atoms with van der Waals surface area (Å²) in [6, 6.07) is 11.3. The Labute approximate surface area is 186 Å². The van der Waals surface area contributed by atoms with Crippen molar-refractivity contribution in [3.8, 4) is 0 Å². The molecule has 0 atom stereocenters. The summed E-state index contributed by atoms with van der Waals surface area (Å²) >= 11 is 5.82. The van der Waals surface area contributed by atoms with Crippen LogP contribution in [-0.2, 0) is 30.8 Å². The average Bonchev–Trinajstić information content (AvgIpc) is 2.78. The number of benzene rings is 2. The van der Waals surface area contributed by atoms with E-state index in [0.717, 1.165) is 5.56 Å². The number of hydrogen-bond donors (Lipinski definition) is 1. The van der Waals surface area contributed by atoms with Gasteiger partial charge < -0.3 is 14.8 Å². The molecule has 0 aliphatic carbocycles. The van der Waals surface area contributed by atoms with E-state index in [1.54, 1.807) is 37.3 Å². The quantitative estimate of drug-likeness (QED) is 0.627. The smallest absolute Gasteiger partial charge is 0.338 e. The summed E-state index contributed by atoms with van der Waals surface area (Å²) in [5, 5.41) is 3.23. The van der Waals surface area contributed by atoms with Crippen LogP contribution in [-0.4, -0.2) is 57.5 Å². The van der Waals surface area contributed by atoms with Crippen molar-refractivity contribution in [2.45, 2.75) is 18.4 Å². The van der Waals surface area contributed by atoms with Gasteiger partial charge in [-0.15, -0.1) is 0 Å². The first kappa shape index (κ1) is 23.2. The number of nitrogens with zero attached hydrogens (tertiary/aromatic N) is 1. The number of sulfonamides is 1. The minimum atomic E-state index is -3.77. The van der Waals surface area contributed by atoms with Crippen LogP contribution in [0.15, 0.2) is 47.4 Å². The van der Waals surface area contributed by atoms with Crippen LogP contribution in [0.3, 0.4) is 0 Å². The number of amides is 1. The topological polar surface area (TPSA) is 102 Å². The highest BCUT2D eigenvalue weighted by Crippen LogP contribution is 2.22. The van der Waals surface area contributed by atoms with Crippen LogP contribution < -0.4 is 5.32 Å². The Kier molecular flexibility index (Phi) is 7.66. The zero-order chi connectivity index (χ0) is 22.4. The van der Waals surface area contributed by atoms with Crippen molar-refractivity contribution in [1.82, 2.24) is 9.62 Å². The lowest BCUT2D eigenvalue weighted by atomic mass is 10.1. The second-order valence-electron chi connectivity index (χ2n) is 6.98. The molecule has 0 radical (unpaired) electrons. The first-order valence-corrected chi connectivity index (χ1v) is 11.5. The Morgan fingerprint density at radius 2 is 1.81 bits per heavy atom. The van der Waals surface area contributed by atoms with E-state index in [0.29, 0.717) is 23.8 Å². The SMILES string of the molecule is Cc1ccc(C(=O)OCC(=O)NCc2ccc(Cl)cc2)cc1S(=O)(=O)N1CCOCC1.